The molecule has 2 saturated heterocycles. The van der Waals surface area contributed by atoms with Gasteiger partial charge in [0.1, 0.15) is 18.1 Å². The number of carbonyl (C=O) groups is 7. The minimum Gasteiger partial charge on any atom is -0.449 e. The van der Waals surface area contributed by atoms with E-state index in [1.165, 1.54) is 0 Å². The molecule has 52 heavy (non-hydrogen) atoms. The van der Waals surface area contributed by atoms with Gasteiger partial charge in [0.15, 0.2) is 0 Å². The van der Waals surface area contributed by atoms with Crippen LogP contribution in [0.2, 0.25) is 0 Å². The number of amides is 6. The Morgan fingerprint density at radius 1 is 0.962 bits per heavy atom. The molecule has 4 rings (SSSR count). The van der Waals surface area contributed by atoms with Crippen LogP contribution in [0, 0.1) is 11.8 Å². The van der Waals surface area contributed by atoms with Crippen LogP contribution in [-0.2, 0) is 33.5 Å². The van der Waals surface area contributed by atoms with Crippen LogP contribution in [0.15, 0.2) is 30.3 Å². The summed E-state index contributed by atoms with van der Waals surface area (Å²) >= 11 is 3.40. The zero-order valence-electron chi connectivity index (χ0n) is 30.2. The smallest absolute Gasteiger partial charge is 0.407 e. The van der Waals surface area contributed by atoms with Crippen LogP contribution in [-0.4, -0.2) is 99.7 Å². The topological polar surface area (TPSA) is 206 Å². The Balaban J connectivity index is 1.45. The number of ether oxygens (including phenoxy) is 1. The second-order valence-corrected chi connectivity index (χ2v) is 17.2. The summed E-state index contributed by atoms with van der Waals surface area (Å²) < 4.78 is 4.98. The van der Waals surface area contributed by atoms with Crippen molar-refractivity contribution >= 4 is 64.9 Å². The summed E-state index contributed by atoms with van der Waals surface area (Å²) in [5.41, 5.74) is 5.93. The highest BCUT2D eigenvalue weighted by molar-refractivity contribution is 8.21. The number of thioether (sulfide) groups is 2. The van der Waals surface area contributed by atoms with Gasteiger partial charge in [0, 0.05) is 24.5 Å². The summed E-state index contributed by atoms with van der Waals surface area (Å²) in [6.45, 7) is 5.54. The van der Waals surface area contributed by atoms with Crippen LogP contribution in [0.4, 0.5) is 4.79 Å². The number of primary amides is 1. The molecule has 0 bridgehead atoms. The number of carbonyl (C=O) groups excluding carboxylic acids is 7. The number of hydrogen-bond acceptors (Lipinski definition) is 10. The second-order valence-electron chi connectivity index (χ2n) is 14.0. The van der Waals surface area contributed by atoms with Gasteiger partial charge in [0.05, 0.1) is 23.3 Å². The third-order valence-electron chi connectivity index (χ3n) is 9.47. The van der Waals surface area contributed by atoms with Crippen LogP contribution < -0.4 is 27.0 Å². The standard InChI is InChI=1S/C36H52N6O8S2/c1-4-11-25(30(44)33(47)38-19-27(43)40-28(31(37)45)23-12-7-5-8-13-23)39-32(46)26-18-36(51-16-17-52-36)21-42(26)34(48)29(24-14-9-6-10-15-24)41-35(49)50-20-22(2)3/h5,7-8,12-13,22,24-26,28-29H,4,6,9-11,14-21H2,1-3H3,(H2,37,45)(H,38,47)(H,39,46)(H,40,43)(H,41,49). The molecular weight excluding hydrogens is 709 g/mol. The minimum absolute atomic E-state index is 0.113. The van der Waals surface area contributed by atoms with Gasteiger partial charge in [-0.1, -0.05) is 76.8 Å². The van der Waals surface area contributed by atoms with E-state index >= 15 is 0 Å². The average Bonchev–Trinajstić information content (AvgIpc) is 3.77. The van der Waals surface area contributed by atoms with E-state index in [0.29, 0.717) is 24.9 Å². The highest BCUT2D eigenvalue weighted by atomic mass is 32.2. The Bertz CT molecular complexity index is 1450. The molecule has 3 aliphatic rings. The second kappa shape index (κ2) is 19.3. The molecule has 16 heteroatoms. The lowest BCUT2D eigenvalue weighted by Crippen LogP contribution is -2.58. The van der Waals surface area contributed by atoms with Gasteiger partial charge in [0.2, 0.25) is 29.4 Å². The van der Waals surface area contributed by atoms with Crippen molar-refractivity contribution in [3.63, 3.8) is 0 Å². The van der Waals surface area contributed by atoms with E-state index in [9.17, 15) is 33.6 Å². The van der Waals surface area contributed by atoms with Gasteiger partial charge in [-0.2, -0.15) is 0 Å². The van der Waals surface area contributed by atoms with E-state index in [2.05, 4.69) is 21.3 Å². The number of alkyl carbamates (subject to hydrolysis) is 1. The van der Waals surface area contributed by atoms with E-state index in [4.69, 9.17) is 10.5 Å². The summed E-state index contributed by atoms with van der Waals surface area (Å²) in [5.74, 6) is -2.75. The molecule has 14 nitrogen and oxygen atoms in total. The van der Waals surface area contributed by atoms with Crippen LogP contribution in [0.3, 0.4) is 0 Å². The first-order valence-electron chi connectivity index (χ1n) is 18.1. The van der Waals surface area contributed by atoms with Crippen molar-refractivity contribution in [2.45, 2.75) is 100 Å². The number of nitrogens with two attached hydrogens (primary N) is 1. The molecule has 0 radical (unpaired) electrons. The largest absolute Gasteiger partial charge is 0.449 e. The van der Waals surface area contributed by atoms with Gasteiger partial charge in [-0.3, -0.25) is 28.8 Å². The molecule has 6 N–H and O–H groups in total. The Labute approximate surface area is 313 Å². The summed E-state index contributed by atoms with van der Waals surface area (Å²) in [5, 5.41) is 10.3. The molecule has 286 valence electrons. The molecule has 4 atom stereocenters. The maximum atomic E-state index is 14.4. The zero-order valence-corrected chi connectivity index (χ0v) is 31.8. The Morgan fingerprint density at radius 3 is 2.25 bits per heavy atom. The van der Waals surface area contributed by atoms with Crippen LogP contribution >= 0.6 is 23.5 Å². The van der Waals surface area contributed by atoms with Crippen molar-refractivity contribution in [2.75, 3.05) is 31.2 Å². The van der Waals surface area contributed by atoms with E-state index in [-0.39, 0.29) is 30.8 Å². The zero-order chi connectivity index (χ0) is 37.8. The Kier molecular flexibility index (Phi) is 15.2. The fourth-order valence-corrected chi connectivity index (χ4v) is 10.1. The maximum Gasteiger partial charge on any atom is 0.407 e. The quantitative estimate of drug-likeness (QED) is 0.156. The van der Waals surface area contributed by atoms with Gasteiger partial charge in [-0.05, 0) is 36.7 Å². The first kappa shape index (κ1) is 41.0. The van der Waals surface area contributed by atoms with Crippen molar-refractivity contribution in [3.8, 4) is 0 Å². The molecule has 4 unspecified atom stereocenters. The number of rotatable bonds is 16. The summed E-state index contributed by atoms with van der Waals surface area (Å²) in [6.07, 6.45) is 4.70. The molecule has 1 aliphatic carbocycles. The maximum absolute atomic E-state index is 14.4. The summed E-state index contributed by atoms with van der Waals surface area (Å²) in [6, 6.07) is 4.20. The van der Waals surface area contributed by atoms with Crippen molar-refractivity contribution in [3.05, 3.63) is 35.9 Å². The van der Waals surface area contributed by atoms with Crippen molar-refractivity contribution in [2.24, 2.45) is 17.6 Å². The SMILES string of the molecule is CCCC(NC(=O)C1CC2(CN1C(=O)C(NC(=O)OCC(C)C)C1CCCCC1)SCCS2)C(=O)C(=O)NCC(=O)NC(C(N)=O)c1ccccc1. The number of hydrogen-bond donors (Lipinski definition) is 5. The van der Waals surface area contributed by atoms with E-state index in [1.54, 1.807) is 65.7 Å². The van der Waals surface area contributed by atoms with E-state index in [0.717, 1.165) is 43.6 Å². The molecule has 2 aliphatic heterocycles. The predicted molar refractivity (Wildman–Crippen MR) is 199 cm³/mol. The molecule has 1 aromatic carbocycles. The molecular formula is C36H52N6O8S2. The molecule has 1 saturated carbocycles. The highest BCUT2D eigenvalue weighted by Crippen LogP contribution is 2.52. The molecule has 1 aromatic rings. The summed E-state index contributed by atoms with van der Waals surface area (Å²) in [7, 11) is 0. The van der Waals surface area contributed by atoms with Crippen molar-refractivity contribution in [1.82, 2.24) is 26.2 Å². The number of likely N-dealkylation sites (tertiary alicyclic amines) is 1. The van der Waals surface area contributed by atoms with Gasteiger partial charge in [0.25, 0.3) is 5.91 Å². The third-order valence-corrected chi connectivity index (χ3v) is 12.9. The minimum atomic E-state index is -1.21. The number of benzene rings is 1. The average molecular weight is 761 g/mol. The normalized spacial score (nSPS) is 20.1. The Morgan fingerprint density at radius 2 is 1.63 bits per heavy atom. The predicted octanol–water partition coefficient (Wildman–Crippen LogP) is 2.41. The van der Waals surface area contributed by atoms with Crippen LogP contribution in [0.25, 0.3) is 0 Å². The monoisotopic (exact) mass is 760 g/mol. The van der Waals surface area contributed by atoms with Crippen molar-refractivity contribution < 1.29 is 38.3 Å². The highest BCUT2D eigenvalue weighted by Gasteiger charge is 2.53. The molecule has 2 heterocycles. The lowest BCUT2D eigenvalue weighted by molar-refractivity contribution is -0.143. The summed E-state index contributed by atoms with van der Waals surface area (Å²) in [4.78, 5) is 93.9. The fraction of sp³-hybridized carbons (Fsp3) is 0.639. The van der Waals surface area contributed by atoms with Gasteiger partial charge in [-0.25, -0.2) is 4.79 Å². The molecule has 1 spiro atoms. The third kappa shape index (κ3) is 11.1. The Hall–Kier alpha value is -3.79. The molecule has 6 amide bonds. The molecule has 0 aromatic heterocycles. The lowest BCUT2D eigenvalue weighted by atomic mass is 9.83. The van der Waals surface area contributed by atoms with E-state index in [1.807, 2.05) is 13.8 Å². The number of Topliss-reactive ketones (excluding diaryl/α,β-unsaturated/α-hetero) is 1. The van der Waals surface area contributed by atoms with E-state index < -0.39 is 70.3 Å². The van der Waals surface area contributed by atoms with Crippen molar-refractivity contribution in [1.29, 1.82) is 0 Å². The first-order chi connectivity index (χ1) is 24.8. The van der Waals surface area contributed by atoms with Gasteiger partial charge >= 0.3 is 6.09 Å². The number of nitrogens with one attached hydrogen (secondary N) is 4. The van der Waals surface area contributed by atoms with Gasteiger partial charge in [-0.15, -0.1) is 23.5 Å². The van der Waals surface area contributed by atoms with Gasteiger partial charge < -0.3 is 36.6 Å². The number of ketones is 1. The lowest BCUT2D eigenvalue weighted by Gasteiger charge is -2.34. The number of nitrogens with zero attached hydrogens (tertiary/aromatic N) is 1. The van der Waals surface area contributed by atoms with Crippen LogP contribution in [0.1, 0.15) is 83.7 Å². The first-order valence-corrected chi connectivity index (χ1v) is 20.1. The fourth-order valence-electron chi connectivity index (χ4n) is 6.86. The molecule has 3 fully saturated rings. The van der Waals surface area contributed by atoms with Crippen LogP contribution in [0.5, 0.6) is 0 Å².